The summed E-state index contributed by atoms with van der Waals surface area (Å²) < 4.78 is 1.13. The van der Waals surface area contributed by atoms with Crippen LogP contribution < -0.4 is 11.3 Å². The summed E-state index contributed by atoms with van der Waals surface area (Å²) in [5.41, 5.74) is 4.66. The number of benzene rings is 1. The predicted octanol–water partition coefficient (Wildman–Crippen LogP) is 2.53. The van der Waals surface area contributed by atoms with E-state index in [1.165, 1.54) is 12.3 Å². The number of halogens is 1. The summed E-state index contributed by atoms with van der Waals surface area (Å²) in [5.74, 6) is 0. The molecule has 2 N–H and O–H groups in total. The van der Waals surface area contributed by atoms with Crippen LogP contribution in [0.25, 0.3) is 16.7 Å². The van der Waals surface area contributed by atoms with E-state index in [-0.39, 0.29) is 11.3 Å². The molecule has 0 spiro atoms. The lowest BCUT2D eigenvalue weighted by Gasteiger charge is -2.11. The van der Waals surface area contributed by atoms with E-state index in [1.807, 2.05) is 0 Å². The van der Waals surface area contributed by atoms with Crippen molar-refractivity contribution < 1.29 is 4.92 Å². The maximum Gasteiger partial charge on any atom is 0.357 e. The maximum absolute atomic E-state index is 12.5. The van der Waals surface area contributed by atoms with Crippen molar-refractivity contribution in [2.75, 3.05) is 5.73 Å². The van der Waals surface area contributed by atoms with Gasteiger partial charge in [-0.05, 0) is 30.3 Å². The average Bonchev–Trinajstić information content (AvgIpc) is 2.47. The molecule has 0 saturated carbocycles. The molecule has 2 heterocycles. The molecule has 0 aliphatic rings. The minimum absolute atomic E-state index is 0.198. The van der Waals surface area contributed by atoms with Gasteiger partial charge >= 0.3 is 11.2 Å². The largest absolute Gasteiger partial charge is 0.392 e. The number of anilines is 1. The smallest absolute Gasteiger partial charge is 0.357 e. The van der Waals surface area contributed by atoms with Gasteiger partial charge in [-0.1, -0.05) is 17.7 Å². The summed E-state index contributed by atoms with van der Waals surface area (Å²) in [4.78, 5) is 27.1. The molecule has 0 aliphatic heterocycles. The molecular weight excluding hydrogens is 308 g/mol. The Balaban J connectivity index is 2.53. The van der Waals surface area contributed by atoms with E-state index >= 15 is 0 Å². The Hall–Kier alpha value is -2.93. The van der Waals surface area contributed by atoms with Crippen LogP contribution in [0.3, 0.4) is 0 Å². The van der Waals surface area contributed by atoms with Crippen molar-refractivity contribution in [3.05, 3.63) is 68.1 Å². The Bertz CT molecular complexity index is 968. The highest BCUT2D eigenvalue weighted by atomic mass is 35.5. The number of aromatic nitrogens is 2. The van der Waals surface area contributed by atoms with E-state index in [1.54, 1.807) is 30.3 Å². The van der Waals surface area contributed by atoms with Crippen molar-refractivity contribution >= 4 is 34.0 Å². The minimum Gasteiger partial charge on any atom is -0.392 e. The van der Waals surface area contributed by atoms with Crippen molar-refractivity contribution in [1.29, 1.82) is 0 Å². The summed E-state index contributed by atoms with van der Waals surface area (Å²) in [5, 5.41) is 11.9. The van der Waals surface area contributed by atoms with Gasteiger partial charge in [-0.3, -0.25) is 19.5 Å². The van der Waals surface area contributed by atoms with Gasteiger partial charge in [0.1, 0.15) is 11.3 Å². The predicted molar refractivity (Wildman–Crippen MR) is 83.4 cm³/mol. The van der Waals surface area contributed by atoms with E-state index < -0.39 is 16.2 Å². The van der Waals surface area contributed by atoms with E-state index in [9.17, 15) is 14.9 Å². The third-order valence-corrected chi connectivity index (χ3v) is 3.43. The molecule has 3 aromatic rings. The highest BCUT2D eigenvalue weighted by Gasteiger charge is 2.25. The first kappa shape index (κ1) is 14.0. The van der Waals surface area contributed by atoms with Crippen molar-refractivity contribution in [2.24, 2.45) is 0 Å². The first-order chi connectivity index (χ1) is 10.5. The number of rotatable bonds is 2. The zero-order valence-corrected chi connectivity index (χ0v) is 11.8. The van der Waals surface area contributed by atoms with Gasteiger partial charge in [-0.15, -0.1) is 0 Å². The standard InChI is InChI=1S/C14H9ClN4O3/c15-8-3-1-4-9(7-8)18-13-10(5-2-6-17-13)11(16)12(14(18)20)19(21)22/h1-7H,16H2. The number of fused-ring (bicyclic) bond motifs is 1. The second-order valence-electron chi connectivity index (χ2n) is 4.51. The second-order valence-corrected chi connectivity index (χ2v) is 4.95. The second kappa shape index (κ2) is 5.12. The van der Waals surface area contributed by atoms with Crippen LogP contribution >= 0.6 is 11.6 Å². The number of pyridine rings is 2. The summed E-state index contributed by atoms with van der Waals surface area (Å²) in [6.45, 7) is 0. The van der Waals surface area contributed by atoms with Crippen LogP contribution in [-0.4, -0.2) is 14.5 Å². The number of hydrogen-bond acceptors (Lipinski definition) is 5. The molecule has 0 amide bonds. The summed E-state index contributed by atoms with van der Waals surface area (Å²) in [6.07, 6.45) is 1.48. The van der Waals surface area contributed by atoms with Gasteiger partial charge in [0.15, 0.2) is 0 Å². The third kappa shape index (κ3) is 2.08. The highest BCUT2D eigenvalue weighted by molar-refractivity contribution is 6.30. The lowest BCUT2D eigenvalue weighted by atomic mass is 10.2. The lowest BCUT2D eigenvalue weighted by Crippen LogP contribution is -2.24. The molecular formula is C14H9ClN4O3. The molecule has 22 heavy (non-hydrogen) atoms. The molecule has 8 heteroatoms. The average molecular weight is 317 g/mol. The zero-order valence-electron chi connectivity index (χ0n) is 11.1. The van der Waals surface area contributed by atoms with E-state index in [0.29, 0.717) is 16.1 Å². The molecule has 0 bridgehead atoms. The maximum atomic E-state index is 12.5. The first-order valence-electron chi connectivity index (χ1n) is 6.20. The van der Waals surface area contributed by atoms with Gasteiger partial charge in [0.2, 0.25) is 0 Å². The fraction of sp³-hybridized carbons (Fsp3) is 0. The SMILES string of the molecule is Nc1c([N+](=O)[O-])c(=O)n(-c2cccc(Cl)c2)c2ncccc12. The van der Waals surface area contributed by atoms with E-state index in [0.717, 1.165) is 4.57 Å². The van der Waals surface area contributed by atoms with Crippen molar-refractivity contribution in [2.45, 2.75) is 0 Å². The number of nitro groups is 1. The van der Waals surface area contributed by atoms with Gasteiger partial charge in [0.25, 0.3) is 0 Å². The van der Waals surface area contributed by atoms with Crippen molar-refractivity contribution in [3.63, 3.8) is 0 Å². The Labute approximate surface area is 128 Å². The molecule has 0 fully saturated rings. The molecule has 7 nitrogen and oxygen atoms in total. The van der Waals surface area contributed by atoms with Crippen LogP contribution in [0.4, 0.5) is 11.4 Å². The number of nitrogen functional groups attached to an aromatic ring is 1. The molecule has 0 radical (unpaired) electrons. The minimum atomic E-state index is -0.851. The molecule has 110 valence electrons. The monoisotopic (exact) mass is 316 g/mol. The Morgan fingerprint density at radius 1 is 1.27 bits per heavy atom. The normalized spacial score (nSPS) is 10.8. The molecule has 0 unspecified atom stereocenters. The number of hydrogen-bond donors (Lipinski definition) is 1. The summed E-state index contributed by atoms with van der Waals surface area (Å²) in [6, 6.07) is 9.58. The molecule has 0 atom stereocenters. The van der Waals surface area contributed by atoms with Crippen LogP contribution in [-0.2, 0) is 0 Å². The van der Waals surface area contributed by atoms with E-state index in [4.69, 9.17) is 17.3 Å². The lowest BCUT2D eigenvalue weighted by molar-refractivity contribution is -0.385. The van der Waals surface area contributed by atoms with Crippen LogP contribution in [0.15, 0.2) is 47.4 Å². The van der Waals surface area contributed by atoms with Gasteiger partial charge in [0.05, 0.1) is 10.6 Å². The fourth-order valence-electron chi connectivity index (χ4n) is 2.26. The van der Waals surface area contributed by atoms with Gasteiger partial charge in [-0.25, -0.2) is 4.98 Å². The van der Waals surface area contributed by atoms with Gasteiger partial charge in [0, 0.05) is 16.6 Å². The first-order valence-corrected chi connectivity index (χ1v) is 6.58. The molecule has 0 aliphatic carbocycles. The summed E-state index contributed by atoms with van der Waals surface area (Å²) in [7, 11) is 0. The van der Waals surface area contributed by atoms with Crippen LogP contribution in [0, 0.1) is 10.1 Å². The topological polar surface area (TPSA) is 104 Å². The highest BCUT2D eigenvalue weighted by Crippen LogP contribution is 2.27. The number of nitrogens with two attached hydrogens (primary N) is 1. The fourth-order valence-corrected chi connectivity index (χ4v) is 2.45. The number of nitrogens with zero attached hydrogens (tertiary/aromatic N) is 3. The van der Waals surface area contributed by atoms with Crippen molar-refractivity contribution in [1.82, 2.24) is 9.55 Å². The van der Waals surface area contributed by atoms with Crippen LogP contribution in [0.5, 0.6) is 0 Å². The quantitative estimate of drug-likeness (QED) is 0.578. The van der Waals surface area contributed by atoms with E-state index in [2.05, 4.69) is 4.98 Å². The van der Waals surface area contributed by atoms with Gasteiger partial charge < -0.3 is 5.73 Å². The van der Waals surface area contributed by atoms with Crippen LogP contribution in [0.2, 0.25) is 5.02 Å². The van der Waals surface area contributed by atoms with Gasteiger partial charge in [-0.2, -0.15) is 0 Å². The Morgan fingerprint density at radius 3 is 2.73 bits per heavy atom. The summed E-state index contributed by atoms with van der Waals surface area (Å²) >= 11 is 5.94. The Kier molecular flexibility index (Phi) is 3.26. The zero-order chi connectivity index (χ0) is 15.9. The van der Waals surface area contributed by atoms with Crippen LogP contribution in [0.1, 0.15) is 0 Å². The molecule has 0 saturated heterocycles. The Morgan fingerprint density at radius 2 is 2.05 bits per heavy atom. The van der Waals surface area contributed by atoms with Crippen molar-refractivity contribution in [3.8, 4) is 5.69 Å². The molecule has 3 rings (SSSR count). The third-order valence-electron chi connectivity index (χ3n) is 3.20. The molecule has 1 aromatic carbocycles. The molecule has 2 aromatic heterocycles.